The van der Waals surface area contributed by atoms with Gasteiger partial charge in [-0.3, -0.25) is 0 Å². The van der Waals surface area contributed by atoms with Crippen LogP contribution in [0.2, 0.25) is 0 Å². The maximum Gasteiger partial charge on any atom is 0.288 e. The number of aromatic nitrogens is 3. The van der Waals surface area contributed by atoms with Gasteiger partial charge in [-0.2, -0.15) is 13.9 Å². The lowest BCUT2D eigenvalue weighted by Gasteiger charge is -2.16. The van der Waals surface area contributed by atoms with Crippen LogP contribution in [0.4, 0.5) is 8.78 Å². The first-order chi connectivity index (χ1) is 9.88. The molecule has 21 heavy (non-hydrogen) atoms. The molecular formula is C15H19F2N3O. The highest BCUT2D eigenvalue weighted by Crippen LogP contribution is 2.31. The number of hydrogen-bond acceptors (Lipinski definition) is 2. The average molecular weight is 295 g/mol. The van der Waals surface area contributed by atoms with Crippen LogP contribution >= 0.6 is 0 Å². The van der Waals surface area contributed by atoms with Gasteiger partial charge in [0.2, 0.25) is 0 Å². The molecular weight excluding hydrogens is 276 g/mol. The third kappa shape index (κ3) is 2.48. The molecule has 3 rings (SSSR count). The number of alkyl halides is 2. The molecule has 4 nitrogen and oxygen atoms in total. The molecule has 6 heteroatoms. The number of hydrogen-bond donors (Lipinski definition) is 0. The molecule has 0 saturated carbocycles. The van der Waals surface area contributed by atoms with Crippen LogP contribution in [0.25, 0.3) is 5.82 Å². The second-order valence-corrected chi connectivity index (χ2v) is 5.69. The van der Waals surface area contributed by atoms with Crippen LogP contribution in [0.5, 0.6) is 0 Å². The number of ether oxygens (including phenoxy) is 1. The number of halogens is 2. The van der Waals surface area contributed by atoms with E-state index in [9.17, 15) is 8.78 Å². The molecule has 2 aromatic heterocycles. The number of rotatable bonds is 3. The van der Waals surface area contributed by atoms with Crippen LogP contribution in [-0.2, 0) is 10.7 Å². The molecule has 2 aromatic rings. The normalized spacial score (nSPS) is 19.4. The monoisotopic (exact) mass is 295 g/mol. The molecule has 0 bridgehead atoms. The summed E-state index contributed by atoms with van der Waals surface area (Å²) in [7, 11) is 0. The predicted molar refractivity (Wildman–Crippen MR) is 75.1 cm³/mol. The Morgan fingerprint density at radius 1 is 1.29 bits per heavy atom. The average Bonchev–Trinajstić information content (AvgIpc) is 3.07. The van der Waals surface area contributed by atoms with Gasteiger partial charge in [0, 0.05) is 31.0 Å². The van der Waals surface area contributed by atoms with Crippen LogP contribution in [0.3, 0.4) is 0 Å². The van der Waals surface area contributed by atoms with E-state index < -0.39 is 5.92 Å². The van der Waals surface area contributed by atoms with Crippen molar-refractivity contribution >= 4 is 0 Å². The Hall–Kier alpha value is -1.69. The molecule has 1 aliphatic rings. The van der Waals surface area contributed by atoms with E-state index in [1.807, 2.05) is 30.5 Å². The summed E-state index contributed by atoms with van der Waals surface area (Å²) in [6, 6.07) is 5.44. The molecule has 1 fully saturated rings. The molecule has 0 spiro atoms. The van der Waals surface area contributed by atoms with Gasteiger partial charge in [-0.05, 0) is 32.4 Å². The second kappa shape index (κ2) is 4.94. The van der Waals surface area contributed by atoms with Crippen molar-refractivity contribution in [3.63, 3.8) is 0 Å². The Balaban J connectivity index is 2.15. The van der Waals surface area contributed by atoms with Crippen molar-refractivity contribution in [1.29, 1.82) is 0 Å². The zero-order valence-electron chi connectivity index (χ0n) is 12.4. The van der Waals surface area contributed by atoms with Crippen molar-refractivity contribution in [2.75, 3.05) is 13.2 Å². The van der Waals surface area contributed by atoms with Crippen molar-refractivity contribution in [3.8, 4) is 5.82 Å². The Kier molecular flexibility index (Phi) is 3.36. The van der Waals surface area contributed by atoms with Gasteiger partial charge < -0.3 is 9.30 Å². The molecule has 0 unspecified atom stereocenters. The molecule has 3 heterocycles. The van der Waals surface area contributed by atoms with Crippen LogP contribution in [-0.4, -0.2) is 27.6 Å². The molecule has 1 atom stereocenters. The molecule has 0 amide bonds. The third-order valence-electron chi connectivity index (χ3n) is 3.92. The van der Waals surface area contributed by atoms with Crippen LogP contribution in [0.15, 0.2) is 18.2 Å². The van der Waals surface area contributed by atoms with E-state index in [4.69, 9.17) is 4.74 Å². The number of nitrogens with zero attached hydrogens (tertiary/aromatic N) is 3. The Labute approximate surface area is 122 Å². The first-order valence-corrected chi connectivity index (χ1v) is 7.09. The summed E-state index contributed by atoms with van der Waals surface area (Å²) in [5.41, 5.74) is 1.80. The topological polar surface area (TPSA) is 32.0 Å². The lowest BCUT2D eigenvalue weighted by molar-refractivity contribution is 0.0118. The van der Waals surface area contributed by atoms with Gasteiger partial charge in [0.1, 0.15) is 11.5 Å². The smallest absolute Gasteiger partial charge is 0.288 e. The van der Waals surface area contributed by atoms with Gasteiger partial charge in [0.25, 0.3) is 5.92 Å². The Morgan fingerprint density at radius 3 is 2.48 bits per heavy atom. The zero-order chi connectivity index (χ0) is 15.2. The third-order valence-corrected chi connectivity index (χ3v) is 3.92. The lowest BCUT2D eigenvalue weighted by Crippen LogP contribution is -2.17. The van der Waals surface area contributed by atoms with Gasteiger partial charge in [-0.25, -0.2) is 4.68 Å². The highest BCUT2D eigenvalue weighted by molar-refractivity contribution is 5.35. The summed E-state index contributed by atoms with van der Waals surface area (Å²) in [5.74, 6) is -2.27. The summed E-state index contributed by atoms with van der Waals surface area (Å²) in [5, 5.41) is 4.17. The van der Waals surface area contributed by atoms with E-state index in [-0.39, 0.29) is 11.7 Å². The number of aryl methyl sites for hydroxylation is 2. The lowest BCUT2D eigenvalue weighted by atomic mass is 10.2. The quantitative estimate of drug-likeness (QED) is 0.869. The van der Waals surface area contributed by atoms with Crippen molar-refractivity contribution in [2.24, 2.45) is 0 Å². The SMILES string of the molecule is Cc1ccc(C)n1-c1cc(C(C)(F)F)nn1[C@H]1CCOC1. The van der Waals surface area contributed by atoms with Crippen LogP contribution in [0, 0.1) is 13.8 Å². The summed E-state index contributed by atoms with van der Waals surface area (Å²) in [6.07, 6.45) is 0.794. The highest BCUT2D eigenvalue weighted by atomic mass is 19.3. The van der Waals surface area contributed by atoms with Gasteiger partial charge >= 0.3 is 0 Å². The van der Waals surface area contributed by atoms with E-state index in [1.54, 1.807) is 4.68 Å². The maximum absolute atomic E-state index is 13.7. The molecule has 0 aromatic carbocycles. The fraction of sp³-hybridized carbons (Fsp3) is 0.533. The minimum absolute atomic E-state index is 0.0114. The zero-order valence-corrected chi connectivity index (χ0v) is 12.4. The molecule has 1 aliphatic heterocycles. The minimum atomic E-state index is -2.95. The second-order valence-electron chi connectivity index (χ2n) is 5.69. The summed E-state index contributed by atoms with van der Waals surface area (Å²) < 4.78 is 36.4. The first-order valence-electron chi connectivity index (χ1n) is 7.09. The largest absolute Gasteiger partial charge is 0.379 e. The Morgan fingerprint density at radius 2 is 1.95 bits per heavy atom. The van der Waals surface area contributed by atoms with Gasteiger partial charge in [-0.15, -0.1) is 0 Å². The molecule has 1 saturated heterocycles. The van der Waals surface area contributed by atoms with Crippen molar-refractivity contribution in [2.45, 2.75) is 39.2 Å². The maximum atomic E-state index is 13.7. The standard InChI is InChI=1S/C15H19F2N3O/c1-10-4-5-11(2)19(10)14-8-13(15(3,16)17)18-20(14)12-6-7-21-9-12/h4-5,8,12H,6-7,9H2,1-3H3/t12-/m0/s1. The first kappa shape index (κ1) is 14.3. The predicted octanol–water partition coefficient (Wildman–Crippen LogP) is 3.36. The highest BCUT2D eigenvalue weighted by Gasteiger charge is 2.32. The van der Waals surface area contributed by atoms with Crippen LogP contribution < -0.4 is 0 Å². The van der Waals surface area contributed by atoms with Crippen molar-refractivity contribution < 1.29 is 13.5 Å². The molecule has 0 aliphatic carbocycles. The van der Waals surface area contributed by atoms with E-state index in [0.717, 1.165) is 24.7 Å². The van der Waals surface area contributed by atoms with Gasteiger partial charge in [0.15, 0.2) is 0 Å². The van der Waals surface area contributed by atoms with E-state index in [0.29, 0.717) is 19.0 Å². The van der Waals surface area contributed by atoms with Gasteiger partial charge in [0.05, 0.1) is 12.6 Å². The van der Waals surface area contributed by atoms with E-state index in [2.05, 4.69) is 5.10 Å². The fourth-order valence-electron chi connectivity index (χ4n) is 2.78. The Bertz CT molecular complexity index is 629. The van der Waals surface area contributed by atoms with E-state index in [1.165, 1.54) is 6.07 Å². The summed E-state index contributed by atoms with van der Waals surface area (Å²) in [4.78, 5) is 0. The molecule has 0 radical (unpaired) electrons. The van der Waals surface area contributed by atoms with E-state index >= 15 is 0 Å². The minimum Gasteiger partial charge on any atom is -0.379 e. The van der Waals surface area contributed by atoms with Gasteiger partial charge in [-0.1, -0.05) is 0 Å². The van der Waals surface area contributed by atoms with Crippen molar-refractivity contribution in [3.05, 3.63) is 35.3 Å². The fourth-order valence-corrected chi connectivity index (χ4v) is 2.78. The van der Waals surface area contributed by atoms with Crippen molar-refractivity contribution in [1.82, 2.24) is 14.3 Å². The summed E-state index contributed by atoms with van der Waals surface area (Å²) in [6.45, 7) is 5.96. The molecule has 0 N–H and O–H groups in total. The van der Waals surface area contributed by atoms with Crippen LogP contribution in [0.1, 0.15) is 36.5 Å². The summed E-state index contributed by atoms with van der Waals surface area (Å²) >= 11 is 0. The molecule has 114 valence electrons.